The predicted molar refractivity (Wildman–Crippen MR) is 73.0 cm³/mol. The van der Waals surface area contributed by atoms with Crippen LogP contribution in [-0.4, -0.2) is 29.9 Å². The number of carbonyl (C=O) groups excluding carboxylic acids is 1. The number of hydrogen-bond acceptors (Lipinski definition) is 3. The van der Waals surface area contributed by atoms with Gasteiger partial charge in [0.15, 0.2) is 0 Å². The Morgan fingerprint density at radius 2 is 1.89 bits per heavy atom. The summed E-state index contributed by atoms with van der Waals surface area (Å²) in [5, 5.41) is 0. The van der Waals surface area contributed by atoms with Crippen LogP contribution in [0.5, 0.6) is 5.75 Å². The van der Waals surface area contributed by atoms with E-state index in [0.29, 0.717) is 17.9 Å². The topological polar surface area (TPSA) is 42.4 Å². The molecule has 4 heteroatoms. The molecule has 2 aromatic rings. The SMILES string of the molecule is COc1ccccc1C(=O)N(C)Cc1ccncc1. The summed E-state index contributed by atoms with van der Waals surface area (Å²) in [6.07, 6.45) is 3.44. The zero-order valence-electron chi connectivity index (χ0n) is 11.0. The molecule has 4 nitrogen and oxygen atoms in total. The summed E-state index contributed by atoms with van der Waals surface area (Å²) < 4.78 is 5.21. The second-order valence-electron chi connectivity index (χ2n) is 4.22. The van der Waals surface area contributed by atoms with Crippen molar-refractivity contribution in [3.8, 4) is 5.75 Å². The van der Waals surface area contributed by atoms with E-state index in [4.69, 9.17) is 4.74 Å². The van der Waals surface area contributed by atoms with Gasteiger partial charge in [-0.25, -0.2) is 0 Å². The third-order valence-electron chi connectivity index (χ3n) is 2.85. The lowest BCUT2D eigenvalue weighted by Crippen LogP contribution is -2.26. The molecule has 0 aliphatic rings. The van der Waals surface area contributed by atoms with Crippen LogP contribution in [0.15, 0.2) is 48.8 Å². The number of amides is 1. The average molecular weight is 256 g/mol. The molecule has 0 saturated carbocycles. The first-order valence-electron chi connectivity index (χ1n) is 5.99. The lowest BCUT2D eigenvalue weighted by atomic mass is 10.1. The van der Waals surface area contributed by atoms with Gasteiger partial charge in [0.25, 0.3) is 5.91 Å². The van der Waals surface area contributed by atoms with Crippen LogP contribution in [-0.2, 0) is 6.54 Å². The van der Waals surface area contributed by atoms with E-state index in [-0.39, 0.29) is 5.91 Å². The van der Waals surface area contributed by atoms with Crippen LogP contribution in [0.3, 0.4) is 0 Å². The summed E-state index contributed by atoms with van der Waals surface area (Å²) in [7, 11) is 3.34. The molecule has 19 heavy (non-hydrogen) atoms. The van der Waals surface area contributed by atoms with Gasteiger partial charge in [0.05, 0.1) is 12.7 Å². The van der Waals surface area contributed by atoms with Crippen molar-refractivity contribution in [3.63, 3.8) is 0 Å². The minimum Gasteiger partial charge on any atom is -0.496 e. The monoisotopic (exact) mass is 256 g/mol. The van der Waals surface area contributed by atoms with Crippen molar-refractivity contribution in [2.75, 3.05) is 14.2 Å². The standard InChI is InChI=1S/C15H16N2O2/c1-17(11-12-7-9-16-10-8-12)15(18)13-5-3-4-6-14(13)19-2/h3-10H,11H2,1-2H3. The van der Waals surface area contributed by atoms with Crippen LogP contribution in [0.25, 0.3) is 0 Å². The smallest absolute Gasteiger partial charge is 0.257 e. The second kappa shape index (κ2) is 6.00. The van der Waals surface area contributed by atoms with Gasteiger partial charge in [0, 0.05) is 26.0 Å². The highest BCUT2D eigenvalue weighted by molar-refractivity contribution is 5.96. The largest absolute Gasteiger partial charge is 0.496 e. The molecule has 0 spiro atoms. The van der Waals surface area contributed by atoms with Gasteiger partial charge in [-0.05, 0) is 29.8 Å². The van der Waals surface area contributed by atoms with Gasteiger partial charge in [-0.15, -0.1) is 0 Å². The summed E-state index contributed by atoms with van der Waals surface area (Å²) in [4.78, 5) is 18.0. The van der Waals surface area contributed by atoms with Crippen LogP contribution in [0, 0.1) is 0 Å². The zero-order chi connectivity index (χ0) is 13.7. The molecule has 0 aliphatic heterocycles. The number of pyridine rings is 1. The summed E-state index contributed by atoms with van der Waals surface area (Å²) in [5.74, 6) is 0.531. The molecular formula is C15H16N2O2. The van der Waals surface area contributed by atoms with Gasteiger partial charge in [0.1, 0.15) is 5.75 Å². The number of carbonyl (C=O) groups is 1. The third-order valence-corrected chi connectivity index (χ3v) is 2.85. The fourth-order valence-electron chi connectivity index (χ4n) is 1.86. The molecule has 0 bridgehead atoms. The number of methoxy groups -OCH3 is 1. The minimum atomic E-state index is -0.0609. The maximum atomic E-state index is 12.4. The van der Waals surface area contributed by atoms with Gasteiger partial charge >= 0.3 is 0 Å². The van der Waals surface area contributed by atoms with E-state index in [1.165, 1.54) is 0 Å². The molecule has 1 aromatic heterocycles. The maximum Gasteiger partial charge on any atom is 0.257 e. The van der Waals surface area contributed by atoms with Crippen molar-refractivity contribution < 1.29 is 9.53 Å². The number of hydrogen-bond donors (Lipinski definition) is 0. The number of nitrogens with zero attached hydrogens (tertiary/aromatic N) is 2. The van der Waals surface area contributed by atoms with Crippen LogP contribution in [0.2, 0.25) is 0 Å². The first-order chi connectivity index (χ1) is 9.22. The Kier molecular flexibility index (Phi) is 4.13. The van der Waals surface area contributed by atoms with Crippen molar-refractivity contribution in [1.29, 1.82) is 0 Å². The molecule has 98 valence electrons. The molecule has 1 heterocycles. The number of rotatable bonds is 4. The summed E-state index contributed by atoms with van der Waals surface area (Å²) in [6, 6.07) is 11.0. The second-order valence-corrected chi connectivity index (χ2v) is 4.22. The van der Waals surface area contributed by atoms with E-state index in [9.17, 15) is 4.79 Å². The molecule has 0 atom stereocenters. The number of ether oxygens (including phenoxy) is 1. The summed E-state index contributed by atoms with van der Waals surface area (Å²) in [5.41, 5.74) is 1.61. The van der Waals surface area contributed by atoms with E-state index in [2.05, 4.69) is 4.98 Å². The van der Waals surface area contributed by atoms with E-state index in [1.807, 2.05) is 24.3 Å². The van der Waals surface area contributed by atoms with E-state index < -0.39 is 0 Å². The van der Waals surface area contributed by atoms with Crippen molar-refractivity contribution in [3.05, 3.63) is 59.9 Å². The van der Waals surface area contributed by atoms with Crippen molar-refractivity contribution >= 4 is 5.91 Å². The highest BCUT2D eigenvalue weighted by Crippen LogP contribution is 2.19. The van der Waals surface area contributed by atoms with Gasteiger partial charge < -0.3 is 9.64 Å². The summed E-state index contributed by atoms with van der Waals surface area (Å²) in [6.45, 7) is 0.541. The normalized spacial score (nSPS) is 10.0. The average Bonchev–Trinajstić information content (AvgIpc) is 2.47. The zero-order valence-corrected chi connectivity index (χ0v) is 11.0. The van der Waals surface area contributed by atoms with Gasteiger partial charge in [-0.1, -0.05) is 12.1 Å². The third kappa shape index (κ3) is 3.10. The first kappa shape index (κ1) is 13.1. The Hall–Kier alpha value is -2.36. The summed E-state index contributed by atoms with van der Waals surface area (Å²) >= 11 is 0. The van der Waals surface area contributed by atoms with E-state index >= 15 is 0 Å². The van der Waals surface area contributed by atoms with Crippen molar-refractivity contribution in [1.82, 2.24) is 9.88 Å². The first-order valence-corrected chi connectivity index (χ1v) is 5.99. The van der Waals surface area contributed by atoms with Gasteiger partial charge in [-0.2, -0.15) is 0 Å². The quantitative estimate of drug-likeness (QED) is 0.843. The van der Waals surface area contributed by atoms with E-state index in [0.717, 1.165) is 5.56 Å². The highest BCUT2D eigenvalue weighted by atomic mass is 16.5. The minimum absolute atomic E-state index is 0.0609. The van der Waals surface area contributed by atoms with Gasteiger partial charge in [-0.3, -0.25) is 9.78 Å². The number of benzene rings is 1. The predicted octanol–water partition coefficient (Wildman–Crippen LogP) is 2.36. The fraction of sp³-hybridized carbons (Fsp3) is 0.200. The molecule has 0 N–H and O–H groups in total. The Morgan fingerprint density at radius 3 is 2.58 bits per heavy atom. The highest BCUT2D eigenvalue weighted by Gasteiger charge is 2.15. The van der Waals surface area contributed by atoms with Crippen LogP contribution in [0.1, 0.15) is 15.9 Å². The van der Waals surface area contributed by atoms with E-state index in [1.54, 1.807) is 43.6 Å². The Balaban J connectivity index is 2.15. The molecule has 0 aliphatic carbocycles. The van der Waals surface area contributed by atoms with Crippen LogP contribution < -0.4 is 4.74 Å². The molecule has 1 amide bonds. The molecule has 0 saturated heterocycles. The lowest BCUT2D eigenvalue weighted by Gasteiger charge is -2.18. The molecule has 2 rings (SSSR count). The van der Waals surface area contributed by atoms with Crippen molar-refractivity contribution in [2.24, 2.45) is 0 Å². The van der Waals surface area contributed by atoms with Crippen LogP contribution in [0.4, 0.5) is 0 Å². The molecular weight excluding hydrogens is 240 g/mol. The Bertz CT molecular complexity index is 555. The van der Waals surface area contributed by atoms with Crippen LogP contribution >= 0.6 is 0 Å². The Labute approximate surface area is 112 Å². The number of para-hydroxylation sites is 1. The lowest BCUT2D eigenvalue weighted by molar-refractivity contribution is 0.0781. The molecule has 0 radical (unpaired) electrons. The maximum absolute atomic E-state index is 12.4. The molecule has 1 aromatic carbocycles. The molecule has 0 fully saturated rings. The Morgan fingerprint density at radius 1 is 1.21 bits per heavy atom. The van der Waals surface area contributed by atoms with Crippen molar-refractivity contribution in [2.45, 2.75) is 6.54 Å². The molecule has 0 unspecified atom stereocenters. The van der Waals surface area contributed by atoms with Gasteiger partial charge in [0.2, 0.25) is 0 Å². The fourth-order valence-corrected chi connectivity index (χ4v) is 1.86. The number of aromatic nitrogens is 1.